The Kier molecular flexibility index (Phi) is 6.26. The fourth-order valence-electron chi connectivity index (χ4n) is 1.77. The van der Waals surface area contributed by atoms with Gasteiger partial charge < -0.3 is 15.5 Å². The lowest BCUT2D eigenvalue weighted by Gasteiger charge is -2.20. The highest BCUT2D eigenvalue weighted by atomic mass is 16.5. The Balaban J connectivity index is 2.61. The predicted octanol–water partition coefficient (Wildman–Crippen LogP) is 1.58. The van der Waals surface area contributed by atoms with Gasteiger partial charge in [-0.25, -0.2) is 9.78 Å². The largest absolute Gasteiger partial charge is 0.464 e. The number of nitrogens with two attached hydrogens (primary N) is 1. The molecule has 0 saturated carbocycles. The highest BCUT2D eigenvalue weighted by Gasteiger charge is 2.35. The van der Waals surface area contributed by atoms with E-state index in [1.54, 1.807) is 6.20 Å². The summed E-state index contributed by atoms with van der Waals surface area (Å²) in [6.07, 6.45) is 11.0. The average Bonchev–Trinajstić information content (AvgIpc) is 2.90. The number of H-pyrrole nitrogens is 1. The number of terminal acetylenes is 1. The standard InChI is InChI=1S/C15H23N3O2/c1-4-7-8-9-20-14(19)15(16,6-3)10-13-17-11-12(5-2)18-13/h3,11H,4-5,7-10,16H2,1-2H3,(H,17,18). The number of nitrogens with zero attached hydrogens (tertiary/aromatic N) is 1. The molecule has 3 N–H and O–H groups in total. The smallest absolute Gasteiger partial charge is 0.339 e. The average molecular weight is 277 g/mol. The van der Waals surface area contributed by atoms with Gasteiger partial charge >= 0.3 is 5.97 Å². The van der Waals surface area contributed by atoms with Crippen molar-refractivity contribution in [2.24, 2.45) is 5.73 Å². The zero-order valence-corrected chi connectivity index (χ0v) is 12.2. The number of carbonyl (C=O) groups excluding carboxylic acids is 1. The van der Waals surface area contributed by atoms with Gasteiger partial charge in [0.15, 0.2) is 5.54 Å². The minimum absolute atomic E-state index is 0.149. The summed E-state index contributed by atoms with van der Waals surface area (Å²) in [7, 11) is 0. The van der Waals surface area contributed by atoms with Crippen molar-refractivity contribution in [3.8, 4) is 12.3 Å². The third-order valence-corrected chi connectivity index (χ3v) is 3.11. The van der Waals surface area contributed by atoms with E-state index in [0.29, 0.717) is 12.4 Å². The summed E-state index contributed by atoms with van der Waals surface area (Å²) < 4.78 is 5.16. The van der Waals surface area contributed by atoms with Crippen LogP contribution in [0, 0.1) is 12.3 Å². The highest BCUT2D eigenvalue weighted by molar-refractivity contribution is 5.84. The van der Waals surface area contributed by atoms with Crippen LogP contribution in [0.5, 0.6) is 0 Å². The van der Waals surface area contributed by atoms with Crippen LogP contribution in [0.1, 0.15) is 44.6 Å². The first-order chi connectivity index (χ1) is 9.55. The molecule has 0 amide bonds. The van der Waals surface area contributed by atoms with E-state index >= 15 is 0 Å². The first-order valence-electron chi connectivity index (χ1n) is 7.02. The Morgan fingerprint density at radius 2 is 2.30 bits per heavy atom. The molecule has 1 aromatic heterocycles. The molecule has 0 aliphatic carbocycles. The first-order valence-corrected chi connectivity index (χ1v) is 7.02. The molecule has 0 radical (unpaired) electrons. The van der Waals surface area contributed by atoms with Crippen LogP contribution in [0.25, 0.3) is 0 Å². The van der Waals surface area contributed by atoms with Gasteiger partial charge in [0.25, 0.3) is 0 Å². The van der Waals surface area contributed by atoms with Crippen molar-refractivity contribution in [2.45, 2.75) is 51.5 Å². The molecule has 1 heterocycles. The van der Waals surface area contributed by atoms with E-state index in [9.17, 15) is 4.79 Å². The van der Waals surface area contributed by atoms with Gasteiger partial charge in [-0.2, -0.15) is 0 Å². The molecule has 1 rings (SSSR count). The van der Waals surface area contributed by atoms with Crippen LogP contribution in [-0.4, -0.2) is 28.1 Å². The van der Waals surface area contributed by atoms with Crippen molar-refractivity contribution < 1.29 is 9.53 Å². The van der Waals surface area contributed by atoms with Gasteiger partial charge in [-0.05, 0) is 12.8 Å². The third kappa shape index (κ3) is 4.39. The Hall–Kier alpha value is -1.80. The molecule has 0 fully saturated rings. The summed E-state index contributed by atoms with van der Waals surface area (Å²) in [4.78, 5) is 19.3. The van der Waals surface area contributed by atoms with E-state index < -0.39 is 11.5 Å². The molecule has 0 spiro atoms. The molecule has 110 valence electrons. The lowest BCUT2D eigenvalue weighted by Crippen LogP contribution is -2.50. The minimum atomic E-state index is -1.46. The molecule has 0 aliphatic rings. The van der Waals surface area contributed by atoms with Gasteiger partial charge in [0, 0.05) is 18.3 Å². The molecule has 5 heteroatoms. The fraction of sp³-hybridized carbons (Fsp3) is 0.600. The van der Waals surface area contributed by atoms with Crippen LogP contribution in [0.3, 0.4) is 0 Å². The minimum Gasteiger partial charge on any atom is -0.464 e. The lowest BCUT2D eigenvalue weighted by molar-refractivity contribution is -0.148. The summed E-state index contributed by atoms with van der Waals surface area (Å²) >= 11 is 0. The second-order valence-electron chi connectivity index (χ2n) is 4.84. The number of aromatic amines is 1. The predicted molar refractivity (Wildman–Crippen MR) is 77.9 cm³/mol. The number of unbranched alkanes of at least 4 members (excludes halogenated alkanes) is 2. The maximum Gasteiger partial charge on any atom is 0.339 e. The zero-order chi connectivity index (χ0) is 15.0. The van der Waals surface area contributed by atoms with Crippen LogP contribution < -0.4 is 5.73 Å². The maximum absolute atomic E-state index is 12.0. The van der Waals surface area contributed by atoms with E-state index in [2.05, 4.69) is 22.8 Å². The molecule has 0 aliphatic heterocycles. The molecule has 0 saturated heterocycles. The van der Waals surface area contributed by atoms with Crippen molar-refractivity contribution in [2.75, 3.05) is 6.61 Å². The molecule has 1 atom stereocenters. The molecular weight excluding hydrogens is 254 g/mol. The summed E-state index contributed by atoms with van der Waals surface area (Å²) in [5, 5.41) is 0. The van der Waals surface area contributed by atoms with Gasteiger partial charge in [-0.1, -0.05) is 32.6 Å². The zero-order valence-electron chi connectivity index (χ0n) is 12.2. The number of imidazole rings is 1. The SMILES string of the molecule is C#CC(N)(Cc1ncc(CC)[nH]1)C(=O)OCCCCC. The number of ether oxygens (including phenoxy) is 1. The van der Waals surface area contributed by atoms with Gasteiger partial charge in [-0.3, -0.25) is 0 Å². The van der Waals surface area contributed by atoms with Crippen molar-refractivity contribution in [3.05, 3.63) is 17.7 Å². The van der Waals surface area contributed by atoms with Crippen LogP contribution in [0.15, 0.2) is 6.20 Å². The van der Waals surface area contributed by atoms with Crippen LogP contribution in [-0.2, 0) is 22.4 Å². The number of aryl methyl sites for hydroxylation is 1. The lowest BCUT2D eigenvalue weighted by atomic mass is 9.97. The molecule has 20 heavy (non-hydrogen) atoms. The Labute approximate surface area is 120 Å². The Morgan fingerprint density at radius 1 is 1.55 bits per heavy atom. The van der Waals surface area contributed by atoms with Crippen molar-refractivity contribution in [1.82, 2.24) is 9.97 Å². The van der Waals surface area contributed by atoms with E-state index in [-0.39, 0.29) is 6.42 Å². The summed E-state index contributed by atoms with van der Waals surface area (Å²) in [5.41, 5.74) is 5.49. The summed E-state index contributed by atoms with van der Waals surface area (Å²) in [6, 6.07) is 0. The molecule has 5 nitrogen and oxygen atoms in total. The van der Waals surface area contributed by atoms with Crippen molar-refractivity contribution >= 4 is 5.97 Å². The monoisotopic (exact) mass is 277 g/mol. The summed E-state index contributed by atoms with van der Waals surface area (Å²) in [6.45, 7) is 4.44. The van der Waals surface area contributed by atoms with Crippen molar-refractivity contribution in [3.63, 3.8) is 0 Å². The number of carbonyl (C=O) groups is 1. The van der Waals surface area contributed by atoms with E-state index in [1.807, 2.05) is 6.92 Å². The number of esters is 1. The molecule has 0 aromatic carbocycles. The number of hydrogen-bond donors (Lipinski definition) is 2. The number of aromatic nitrogens is 2. The number of hydrogen-bond acceptors (Lipinski definition) is 4. The van der Waals surface area contributed by atoms with E-state index in [4.69, 9.17) is 16.9 Å². The highest BCUT2D eigenvalue weighted by Crippen LogP contribution is 2.11. The number of rotatable bonds is 8. The quantitative estimate of drug-likeness (QED) is 0.429. The van der Waals surface area contributed by atoms with Gasteiger partial charge in [-0.15, -0.1) is 6.42 Å². The molecule has 1 unspecified atom stereocenters. The topological polar surface area (TPSA) is 81.0 Å². The number of nitrogens with one attached hydrogen (secondary N) is 1. The second-order valence-corrected chi connectivity index (χ2v) is 4.84. The molecule has 0 bridgehead atoms. The van der Waals surface area contributed by atoms with Crippen LogP contribution >= 0.6 is 0 Å². The van der Waals surface area contributed by atoms with Gasteiger partial charge in [0.2, 0.25) is 0 Å². The van der Waals surface area contributed by atoms with Crippen molar-refractivity contribution in [1.29, 1.82) is 0 Å². The van der Waals surface area contributed by atoms with E-state index in [0.717, 1.165) is 31.4 Å². The normalized spacial score (nSPS) is 13.5. The molecule has 1 aromatic rings. The van der Waals surface area contributed by atoms with Crippen LogP contribution in [0.4, 0.5) is 0 Å². The van der Waals surface area contributed by atoms with Crippen LogP contribution in [0.2, 0.25) is 0 Å². The van der Waals surface area contributed by atoms with Gasteiger partial charge in [0.1, 0.15) is 5.82 Å². The maximum atomic E-state index is 12.0. The summed E-state index contributed by atoms with van der Waals surface area (Å²) in [5.74, 6) is 2.38. The molecular formula is C15H23N3O2. The fourth-order valence-corrected chi connectivity index (χ4v) is 1.77. The Morgan fingerprint density at radius 3 is 2.85 bits per heavy atom. The Bertz CT molecular complexity index is 476. The first kappa shape index (κ1) is 16.3. The second kappa shape index (κ2) is 7.71. The third-order valence-electron chi connectivity index (χ3n) is 3.11. The van der Waals surface area contributed by atoms with Gasteiger partial charge in [0.05, 0.1) is 6.61 Å². The van der Waals surface area contributed by atoms with E-state index in [1.165, 1.54) is 0 Å².